The van der Waals surface area contributed by atoms with E-state index in [2.05, 4.69) is 15.2 Å². The van der Waals surface area contributed by atoms with Gasteiger partial charge in [0.2, 0.25) is 0 Å². The minimum Gasteiger partial charge on any atom is -0.496 e. The van der Waals surface area contributed by atoms with Gasteiger partial charge in [-0.05, 0) is 43.2 Å². The molecule has 1 atom stereocenters. The number of fused-ring (bicyclic) bond motifs is 3. The van der Waals surface area contributed by atoms with Crippen LogP contribution in [-0.4, -0.2) is 45.5 Å². The van der Waals surface area contributed by atoms with E-state index in [1.807, 2.05) is 16.7 Å². The van der Waals surface area contributed by atoms with E-state index in [4.69, 9.17) is 20.8 Å². The van der Waals surface area contributed by atoms with Crippen molar-refractivity contribution in [1.82, 2.24) is 19.7 Å². The number of halogens is 4. The number of ether oxygens (including phenoxy) is 1. The third kappa shape index (κ3) is 4.35. The van der Waals surface area contributed by atoms with Gasteiger partial charge in [0, 0.05) is 29.0 Å². The summed E-state index contributed by atoms with van der Waals surface area (Å²) in [6, 6.07) is 10.1. The van der Waals surface area contributed by atoms with Crippen LogP contribution >= 0.6 is 23.4 Å². The predicted octanol–water partition coefficient (Wildman–Crippen LogP) is 6.26. The lowest BCUT2D eigenvalue weighted by molar-refractivity contribution is -0.134. The van der Waals surface area contributed by atoms with E-state index in [-0.39, 0.29) is 10.7 Å². The number of methoxy groups -OCH3 is 1. The Bertz CT molecular complexity index is 1600. The Hall–Kier alpha value is -3.51. The van der Waals surface area contributed by atoms with Crippen molar-refractivity contribution >= 4 is 35.0 Å². The van der Waals surface area contributed by atoms with Gasteiger partial charge >= 0.3 is 6.18 Å². The molecule has 8 nitrogen and oxygen atoms in total. The largest absolute Gasteiger partial charge is 0.496 e. The maximum atomic E-state index is 13.9. The maximum absolute atomic E-state index is 13.9. The highest BCUT2D eigenvalue weighted by Gasteiger charge is 2.54. The number of thioether (sulfide) groups is 1. The van der Waals surface area contributed by atoms with Gasteiger partial charge in [0.1, 0.15) is 12.3 Å². The molecule has 2 aliphatic heterocycles. The number of nitrogens with zero attached hydrogens (tertiary/aromatic N) is 5. The summed E-state index contributed by atoms with van der Waals surface area (Å²) >= 11 is 7.30. The third-order valence-corrected chi connectivity index (χ3v) is 8.50. The number of carbonyl (C=O) groups excluding carboxylic acids is 1. The van der Waals surface area contributed by atoms with Gasteiger partial charge in [-0.2, -0.15) is 13.2 Å². The number of carbonyl (C=O) groups is 1. The van der Waals surface area contributed by atoms with E-state index in [0.717, 1.165) is 4.90 Å². The average molecular weight is 576 g/mol. The molecule has 2 aromatic heterocycles. The Labute approximate surface area is 230 Å². The van der Waals surface area contributed by atoms with E-state index in [1.165, 1.54) is 24.9 Å². The van der Waals surface area contributed by atoms with Crippen molar-refractivity contribution < 1.29 is 27.1 Å². The highest BCUT2D eigenvalue weighted by Crippen LogP contribution is 2.55. The number of aryl methyl sites for hydroxylation is 1. The van der Waals surface area contributed by atoms with Crippen LogP contribution in [0.4, 0.5) is 18.9 Å². The highest BCUT2D eigenvalue weighted by atomic mass is 35.5. The Morgan fingerprint density at radius 3 is 2.74 bits per heavy atom. The quantitative estimate of drug-likeness (QED) is 0.284. The number of hydrogen-bond donors (Lipinski definition) is 0. The van der Waals surface area contributed by atoms with Gasteiger partial charge < -0.3 is 18.6 Å². The Balaban J connectivity index is 1.44. The van der Waals surface area contributed by atoms with Crippen molar-refractivity contribution in [3.63, 3.8) is 0 Å². The molecular formula is C26H21ClF3N5O3S. The fourth-order valence-corrected chi connectivity index (χ4v) is 6.76. The van der Waals surface area contributed by atoms with E-state index in [1.54, 1.807) is 31.3 Å². The second-order valence-electron chi connectivity index (χ2n) is 9.31. The first-order chi connectivity index (χ1) is 18.6. The molecule has 0 saturated carbocycles. The fraction of sp³-hybridized carbons (Fsp3) is 0.308. The molecule has 0 saturated heterocycles. The van der Waals surface area contributed by atoms with Crippen LogP contribution in [0.1, 0.15) is 24.6 Å². The predicted molar refractivity (Wildman–Crippen MR) is 139 cm³/mol. The van der Waals surface area contributed by atoms with Gasteiger partial charge in [-0.15, -0.1) is 10.2 Å². The topological polar surface area (TPSA) is 86.3 Å². The van der Waals surface area contributed by atoms with E-state index in [9.17, 15) is 18.0 Å². The van der Waals surface area contributed by atoms with Crippen LogP contribution in [0.2, 0.25) is 5.02 Å². The smallest absolute Gasteiger partial charge is 0.406 e. The summed E-state index contributed by atoms with van der Waals surface area (Å²) in [4.78, 5) is 19.3. The molecule has 0 N–H and O–H groups in total. The van der Waals surface area contributed by atoms with Crippen molar-refractivity contribution in [2.45, 2.75) is 42.1 Å². The monoisotopic (exact) mass is 575 g/mol. The standard InChI is InChI=1S/C26H21ClF3N5O3S/c1-14-31-12-20(38-14)17-6-4-15(10-19(17)37-2)22-32-33-23-25(8-3-9-34(22)23)24(36)35(13-26(28,29)30)18-11-16(27)5-7-21(18)39-25/h4-7,10-12H,3,8-9,13H2,1-2H3. The molecule has 6 rings (SSSR count). The van der Waals surface area contributed by atoms with Gasteiger partial charge in [-0.25, -0.2) is 4.98 Å². The van der Waals surface area contributed by atoms with Gasteiger partial charge in [-0.1, -0.05) is 29.4 Å². The van der Waals surface area contributed by atoms with Crippen molar-refractivity contribution in [3.8, 4) is 28.5 Å². The first kappa shape index (κ1) is 25.8. The lowest BCUT2D eigenvalue weighted by atomic mass is 9.94. The summed E-state index contributed by atoms with van der Waals surface area (Å²) in [5.41, 5.74) is 1.52. The zero-order chi connectivity index (χ0) is 27.5. The van der Waals surface area contributed by atoms with Crippen molar-refractivity contribution in [1.29, 1.82) is 0 Å². The average Bonchev–Trinajstić information content (AvgIpc) is 3.53. The number of oxazole rings is 1. The summed E-state index contributed by atoms with van der Waals surface area (Å²) in [6.07, 6.45) is -2.13. The Morgan fingerprint density at radius 2 is 2.03 bits per heavy atom. The minimum atomic E-state index is -4.60. The Morgan fingerprint density at radius 1 is 1.21 bits per heavy atom. The second-order valence-corrected chi connectivity index (χ2v) is 11.1. The van der Waals surface area contributed by atoms with Gasteiger partial charge in [-0.3, -0.25) is 4.79 Å². The number of anilines is 1. The number of aromatic nitrogens is 4. The molecule has 0 aliphatic carbocycles. The molecule has 1 unspecified atom stereocenters. The molecule has 2 aliphatic rings. The number of alkyl halides is 3. The van der Waals surface area contributed by atoms with E-state index in [0.29, 0.717) is 64.5 Å². The molecular weight excluding hydrogens is 555 g/mol. The summed E-state index contributed by atoms with van der Waals surface area (Å²) in [6.45, 7) is 0.823. The maximum Gasteiger partial charge on any atom is 0.406 e. The molecule has 1 amide bonds. The van der Waals surface area contributed by atoms with Crippen molar-refractivity contribution in [2.75, 3.05) is 18.6 Å². The molecule has 13 heteroatoms. The van der Waals surface area contributed by atoms with Crippen LogP contribution in [0.3, 0.4) is 0 Å². The molecule has 0 fully saturated rings. The third-order valence-electron chi connectivity index (χ3n) is 6.79. The lowest BCUT2D eigenvalue weighted by Crippen LogP contribution is -2.53. The molecule has 4 aromatic rings. The Kier molecular flexibility index (Phi) is 6.14. The zero-order valence-electron chi connectivity index (χ0n) is 20.8. The first-order valence-corrected chi connectivity index (χ1v) is 13.2. The van der Waals surface area contributed by atoms with Crippen LogP contribution in [0, 0.1) is 6.92 Å². The van der Waals surface area contributed by atoms with Gasteiger partial charge in [0.15, 0.2) is 28.0 Å². The number of hydrogen-bond acceptors (Lipinski definition) is 7. The van der Waals surface area contributed by atoms with Gasteiger partial charge in [0.05, 0.1) is 24.6 Å². The van der Waals surface area contributed by atoms with Crippen molar-refractivity contribution in [3.05, 3.63) is 59.3 Å². The SMILES string of the molecule is COc1cc(-c2nnc3n2CCCC32Sc3ccc(Cl)cc3N(CC(F)(F)F)C2=O)ccc1-c1cnc(C)o1. The number of rotatable bonds is 4. The number of amides is 1. The minimum absolute atomic E-state index is 0.139. The van der Waals surface area contributed by atoms with E-state index < -0.39 is 23.4 Å². The van der Waals surface area contributed by atoms with Gasteiger partial charge in [0.25, 0.3) is 5.91 Å². The summed E-state index contributed by atoms with van der Waals surface area (Å²) < 4.78 is 52.6. The van der Waals surface area contributed by atoms with Crippen LogP contribution in [0.15, 0.2) is 51.9 Å². The molecule has 1 spiro atoms. The zero-order valence-corrected chi connectivity index (χ0v) is 22.3. The van der Waals surface area contributed by atoms with Crippen LogP contribution in [0.5, 0.6) is 5.75 Å². The summed E-state index contributed by atoms with van der Waals surface area (Å²) in [5.74, 6) is 1.71. The molecule has 0 bridgehead atoms. The molecule has 0 radical (unpaired) electrons. The van der Waals surface area contributed by atoms with E-state index >= 15 is 0 Å². The lowest BCUT2D eigenvalue weighted by Gasteiger charge is -2.43. The fourth-order valence-electron chi connectivity index (χ4n) is 5.13. The second kappa shape index (κ2) is 9.30. The molecule has 202 valence electrons. The van der Waals surface area contributed by atoms with Crippen LogP contribution < -0.4 is 9.64 Å². The van der Waals surface area contributed by atoms with Crippen LogP contribution in [-0.2, 0) is 16.1 Å². The van der Waals surface area contributed by atoms with Crippen molar-refractivity contribution in [2.24, 2.45) is 0 Å². The first-order valence-electron chi connectivity index (χ1n) is 12.0. The summed E-state index contributed by atoms with van der Waals surface area (Å²) in [5, 5.41) is 9.03. The number of benzene rings is 2. The summed E-state index contributed by atoms with van der Waals surface area (Å²) in [7, 11) is 1.54. The highest BCUT2D eigenvalue weighted by molar-refractivity contribution is 8.01. The normalized spacial score (nSPS) is 18.8. The van der Waals surface area contributed by atoms with Crippen LogP contribution in [0.25, 0.3) is 22.7 Å². The molecule has 2 aromatic carbocycles. The molecule has 39 heavy (non-hydrogen) atoms. The molecule has 4 heterocycles.